The quantitative estimate of drug-likeness (QED) is 0.853. The maximum Gasteiger partial charge on any atom is 0.132 e. The second-order valence-corrected chi connectivity index (χ2v) is 5.78. The Kier molecular flexibility index (Phi) is 3.66. The average molecular weight is 261 g/mol. The summed E-state index contributed by atoms with van der Waals surface area (Å²) in [7, 11) is 0. The minimum atomic E-state index is 0.415. The summed E-state index contributed by atoms with van der Waals surface area (Å²) in [4.78, 5) is 13.5. The second kappa shape index (κ2) is 5.43. The third-order valence-corrected chi connectivity index (χ3v) is 4.37. The normalized spacial score (nSPS) is 26.0. The van der Waals surface area contributed by atoms with Gasteiger partial charge in [-0.05, 0) is 39.3 Å². The minimum Gasteiger partial charge on any atom is -0.355 e. The van der Waals surface area contributed by atoms with Gasteiger partial charge in [-0.1, -0.05) is 0 Å². The monoisotopic (exact) mass is 261 g/mol. The fourth-order valence-electron chi connectivity index (χ4n) is 3.15. The summed E-state index contributed by atoms with van der Waals surface area (Å²) in [5, 5.41) is 0. The molecule has 1 unspecified atom stereocenters. The Bertz CT molecular complexity index is 428. The molecule has 1 aromatic heterocycles. The van der Waals surface area contributed by atoms with Gasteiger partial charge in [-0.15, -0.1) is 0 Å². The summed E-state index contributed by atoms with van der Waals surface area (Å²) < 4.78 is 0. The van der Waals surface area contributed by atoms with Gasteiger partial charge in [0.1, 0.15) is 12.1 Å². The number of aryl methyl sites for hydroxylation is 1. The highest BCUT2D eigenvalue weighted by Crippen LogP contribution is 2.23. The van der Waals surface area contributed by atoms with Crippen molar-refractivity contribution in [3.63, 3.8) is 0 Å². The van der Waals surface area contributed by atoms with Crippen molar-refractivity contribution in [2.45, 2.75) is 38.3 Å². The molecule has 0 bridgehead atoms. The molecule has 0 amide bonds. The molecule has 5 heteroatoms. The van der Waals surface area contributed by atoms with Crippen molar-refractivity contribution < 1.29 is 0 Å². The topological polar surface area (TPSA) is 58.3 Å². The van der Waals surface area contributed by atoms with Gasteiger partial charge in [0.15, 0.2) is 0 Å². The minimum absolute atomic E-state index is 0.415. The highest BCUT2D eigenvalue weighted by molar-refractivity contribution is 5.40. The van der Waals surface area contributed by atoms with Crippen LogP contribution in [-0.4, -0.2) is 53.1 Å². The molecule has 3 heterocycles. The number of nitrogens with two attached hydrogens (primary N) is 1. The van der Waals surface area contributed by atoms with Crippen LogP contribution in [0.1, 0.15) is 25.0 Å². The van der Waals surface area contributed by atoms with E-state index in [1.165, 1.54) is 6.42 Å². The Hall–Kier alpha value is -1.20. The molecule has 1 atom stereocenters. The number of rotatable bonds is 2. The van der Waals surface area contributed by atoms with Crippen LogP contribution in [0.25, 0.3) is 0 Å². The summed E-state index contributed by atoms with van der Waals surface area (Å²) in [6.45, 7) is 6.52. The van der Waals surface area contributed by atoms with E-state index in [0.717, 1.165) is 50.5 Å². The molecular formula is C14H23N5. The Balaban J connectivity index is 1.61. The zero-order valence-corrected chi connectivity index (χ0v) is 11.6. The Labute approximate surface area is 114 Å². The second-order valence-electron chi connectivity index (χ2n) is 5.78. The predicted octanol–water partition coefficient (Wildman–Crippen LogP) is 0.787. The number of likely N-dealkylation sites (tertiary alicyclic amines) is 1. The van der Waals surface area contributed by atoms with Gasteiger partial charge in [-0.2, -0.15) is 0 Å². The third-order valence-electron chi connectivity index (χ3n) is 4.37. The van der Waals surface area contributed by atoms with E-state index in [4.69, 9.17) is 5.73 Å². The Morgan fingerprint density at radius 2 is 1.95 bits per heavy atom. The van der Waals surface area contributed by atoms with Gasteiger partial charge in [0.05, 0.1) is 0 Å². The van der Waals surface area contributed by atoms with Crippen molar-refractivity contribution in [1.29, 1.82) is 0 Å². The van der Waals surface area contributed by atoms with E-state index in [0.29, 0.717) is 12.1 Å². The third kappa shape index (κ3) is 2.87. The molecule has 2 aliphatic rings. The molecule has 19 heavy (non-hydrogen) atoms. The first-order valence-electron chi connectivity index (χ1n) is 7.25. The Morgan fingerprint density at radius 3 is 2.68 bits per heavy atom. The number of hydrogen-bond acceptors (Lipinski definition) is 5. The molecule has 2 fully saturated rings. The zero-order chi connectivity index (χ0) is 13.2. The van der Waals surface area contributed by atoms with Crippen molar-refractivity contribution in [3.05, 3.63) is 18.1 Å². The molecule has 3 rings (SSSR count). The number of hydrogen-bond donors (Lipinski definition) is 1. The predicted molar refractivity (Wildman–Crippen MR) is 76.2 cm³/mol. The molecular weight excluding hydrogens is 238 g/mol. The van der Waals surface area contributed by atoms with Crippen molar-refractivity contribution in [2.75, 3.05) is 31.1 Å². The Morgan fingerprint density at radius 1 is 1.16 bits per heavy atom. The van der Waals surface area contributed by atoms with Gasteiger partial charge in [0.25, 0.3) is 0 Å². The number of anilines is 1. The van der Waals surface area contributed by atoms with E-state index < -0.39 is 0 Å². The molecule has 1 aromatic rings. The van der Waals surface area contributed by atoms with Gasteiger partial charge in [-0.25, -0.2) is 9.97 Å². The van der Waals surface area contributed by atoms with Crippen LogP contribution in [-0.2, 0) is 0 Å². The lowest BCUT2D eigenvalue weighted by molar-refractivity contribution is 0.163. The van der Waals surface area contributed by atoms with Gasteiger partial charge in [0, 0.05) is 36.9 Å². The molecule has 5 nitrogen and oxygen atoms in total. The number of nitrogens with zero attached hydrogens (tertiary/aromatic N) is 4. The fraction of sp³-hybridized carbons (Fsp3) is 0.714. The summed E-state index contributed by atoms with van der Waals surface area (Å²) in [5.74, 6) is 1.07. The zero-order valence-electron chi connectivity index (χ0n) is 11.6. The largest absolute Gasteiger partial charge is 0.355 e. The number of aromatic nitrogens is 2. The summed E-state index contributed by atoms with van der Waals surface area (Å²) in [5.41, 5.74) is 7.02. The molecule has 2 aliphatic heterocycles. The molecule has 0 aliphatic carbocycles. The van der Waals surface area contributed by atoms with Crippen LogP contribution in [0.5, 0.6) is 0 Å². The van der Waals surface area contributed by atoms with Crippen LogP contribution in [0.4, 0.5) is 5.82 Å². The number of piperidine rings is 1. The van der Waals surface area contributed by atoms with Crippen LogP contribution < -0.4 is 10.6 Å². The highest BCUT2D eigenvalue weighted by Gasteiger charge is 2.30. The van der Waals surface area contributed by atoms with Gasteiger partial charge in [0.2, 0.25) is 0 Å². The van der Waals surface area contributed by atoms with E-state index in [1.54, 1.807) is 6.33 Å². The maximum atomic E-state index is 5.98. The van der Waals surface area contributed by atoms with E-state index in [2.05, 4.69) is 25.8 Å². The summed E-state index contributed by atoms with van der Waals surface area (Å²) in [6, 6.07) is 3.16. The van der Waals surface area contributed by atoms with Crippen LogP contribution in [0.3, 0.4) is 0 Å². The first kappa shape index (κ1) is 12.8. The summed E-state index contributed by atoms with van der Waals surface area (Å²) in [6.07, 6.45) is 5.18. The van der Waals surface area contributed by atoms with Crippen molar-refractivity contribution in [3.8, 4) is 0 Å². The van der Waals surface area contributed by atoms with Crippen LogP contribution in [0, 0.1) is 6.92 Å². The highest BCUT2D eigenvalue weighted by atomic mass is 15.3. The van der Waals surface area contributed by atoms with E-state index >= 15 is 0 Å². The lowest BCUT2D eigenvalue weighted by Crippen LogP contribution is -2.46. The standard InChI is InChI=1S/C14H23N5/c1-11-8-14(17-10-16-11)19-7-4-13(9-19)18-5-2-12(15)3-6-18/h8,10,12-13H,2-7,9,15H2,1H3. The SMILES string of the molecule is Cc1cc(N2CCC(N3CCC(N)CC3)C2)ncn1. The average Bonchev–Trinajstić information content (AvgIpc) is 2.89. The molecule has 0 saturated carbocycles. The lowest BCUT2D eigenvalue weighted by atomic mass is 10.0. The molecule has 0 aromatic carbocycles. The molecule has 0 spiro atoms. The van der Waals surface area contributed by atoms with E-state index in [-0.39, 0.29) is 0 Å². The van der Waals surface area contributed by atoms with Crippen LogP contribution >= 0.6 is 0 Å². The molecule has 0 radical (unpaired) electrons. The van der Waals surface area contributed by atoms with Gasteiger partial charge >= 0.3 is 0 Å². The van der Waals surface area contributed by atoms with Crippen molar-refractivity contribution in [1.82, 2.24) is 14.9 Å². The van der Waals surface area contributed by atoms with E-state index in [1.807, 2.05) is 6.92 Å². The van der Waals surface area contributed by atoms with Crippen LogP contribution in [0.15, 0.2) is 12.4 Å². The molecule has 2 N–H and O–H groups in total. The smallest absolute Gasteiger partial charge is 0.132 e. The lowest BCUT2D eigenvalue weighted by Gasteiger charge is -2.34. The van der Waals surface area contributed by atoms with E-state index in [9.17, 15) is 0 Å². The van der Waals surface area contributed by atoms with Gasteiger partial charge in [-0.3, -0.25) is 4.90 Å². The molecule has 2 saturated heterocycles. The molecule has 104 valence electrons. The van der Waals surface area contributed by atoms with Crippen molar-refractivity contribution in [2.24, 2.45) is 5.73 Å². The fourth-order valence-corrected chi connectivity index (χ4v) is 3.15. The van der Waals surface area contributed by atoms with Crippen molar-refractivity contribution >= 4 is 5.82 Å². The van der Waals surface area contributed by atoms with Gasteiger partial charge < -0.3 is 10.6 Å². The first-order chi connectivity index (χ1) is 9.22. The first-order valence-corrected chi connectivity index (χ1v) is 7.25. The van der Waals surface area contributed by atoms with Crippen LogP contribution in [0.2, 0.25) is 0 Å². The maximum absolute atomic E-state index is 5.98. The summed E-state index contributed by atoms with van der Waals surface area (Å²) >= 11 is 0.